The van der Waals surface area contributed by atoms with Gasteiger partial charge in [-0.25, -0.2) is 0 Å². The molecule has 1 aliphatic heterocycles. The lowest BCUT2D eigenvalue weighted by Gasteiger charge is -2.44. The van der Waals surface area contributed by atoms with E-state index in [0.29, 0.717) is 66.5 Å². The number of ether oxygens (including phenoxy) is 4. The van der Waals surface area contributed by atoms with Gasteiger partial charge in [0, 0.05) is 48.9 Å². The zero-order valence-electron chi connectivity index (χ0n) is 23.5. The number of amides is 1. The third-order valence-electron chi connectivity index (χ3n) is 8.11. The van der Waals surface area contributed by atoms with E-state index in [1.165, 1.54) is 0 Å². The molecule has 220 valence electrons. The summed E-state index contributed by atoms with van der Waals surface area (Å²) in [5, 5.41) is 23.2. The van der Waals surface area contributed by atoms with Crippen molar-refractivity contribution in [1.29, 1.82) is 0 Å². The molecule has 1 saturated heterocycles. The highest BCUT2D eigenvalue weighted by Crippen LogP contribution is 2.44. The number of morpholine rings is 1. The van der Waals surface area contributed by atoms with E-state index in [0.717, 1.165) is 12.0 Å². The fourth-order valence-corrected chi connectivity index (χ4v) is 6.17. The number of hydrogen-bond donors (Lipinski definition) is 3. The second-order valence-corrected chi connectivity index (χ2v) is 11.1. The molecular formula is C30H41ClN2O7. The minimum atomic E-state index is -1.48. The predicted octanol–water partition coefficient (Wildman–Crippen LogP) is 3.35. The van der Waals surface area contributed by atoms with E-state index >= 15 is 0 Å². The molecule has 4 rings (SSSR count). The molecule has 1 aliphatic carbocycles. The van der Waals surface area contributed by atoms with E-state index in [-0.39, 0.29) is 25.0 Å². The summed E-state index contributed by atoms with van der Waals surface area (Å²) in [4.78, 5) is 15.2. The minimum absolute atomic E-state index is 0.0640. The SMILES string of the molecule is COCCCC[C@](O)(c1cccc(Cl)c1-c1cc(OC)cc(OC)c1)[C@H]1CN(C(=O)[C@H]2C[C@@H](N)[C@@H](O)C2)CCO1. The molecule has 4 N–H and O–H groups in total. The van der Waals surface area contributed by atoms with Crippen molar-refractivity contribution in [2.75, 3.05) is 47.6 Å². The molecule has 9 nitrogen and oxygen atoms in total. The van der Waals surface area contributed by atoms with Crippen LogP contribution in [0.3, 0.4) is 0 Å². The van der Waals surface area contributed by atoms with E-state index in [9.17, 15) is 15.0 Å². The topological polar surface area (TPSA) is 124 Å². The summed E-state index contributed by atoms with van der Waals surface area (Å²) in [6, 6.07) is 10.5. The van der Waals surface area contributed by atoms with Crippen molar-refractivity contribution in [1.82, 2.24) is 4.90 Å². The first-order valence-corrected chi connectivity index (χ1v) is 14.2. The molecule has 2 aromatic carbocycles. The minimum Gasteiger partial charge on any atom is -0.497 e. The number of aliphatic hydroxyl groups is 2. The van der Waals surface area contributed by atoms with Crippen molar-refractivity contribution in [3.8, 4) is 22.6 Å². The summed E-state index contributed by atoms with van der Waals surface area (Å²) in [5.74, 6) is 0.772. The van der Waals surface area contributed by atoms with E-state index < -0.39 is 23.9 Å². The van der Waals surface area contributed by atoms with Gasteiger partial charge in [0.25, 0.3) is 0 Å². The fraction of sp³-hybridized carbons (Fsp3) is 0.567. The summed E-state index contributed by atoms with van der Waals surface area (Å²) in [6.45, 7) is 1.45. The maximum Gasteiger partial charge on any atom is 0.226 e. The van der Waals surface area contributed by atoms with Gasteiger partial charge in [-0.05, 0) is 61.4 Å². The molecule has 0 spiro atoms. The van der Waals surface area contributed by atoms with Gasteiger partial charge in [0.2, 0.25) is 5.91 Å². The van der Waals surface area contributed by atoms with Crippen LogP contribution in [-0.4, -0.2) is 86.9 Å². The lowest BCUT2D eigenvalue weighted by Crippen LogP contribution is -2.55. The number of hydrogen-bond acceptors (Lipinski definition) is 8. The third kappa shape index (κ3) is 6.56. The number of methoxy groups -OCH3 is 3. The lowest BCUT2D eigenvalue weighted by molar-refractivity contribution is -0.167. The second kappa shape index (κ2) is 13.5. The molecule has 1 heterocycles. The van der Waals surface area contributed by atoms with Crippen LogP contribution >= 0.6 is 11.6 Å². The van der Waals surface area contributed by atoms with Gasteiger partial charge in [-0.2, -0.15) is 0 Å². The van der Waals surface area contributed by atoms with Crippen LogP contribution in [0.5, 0.6) is 11.5 Å². The number of aliphatic hydroxyl groups excluding tert-OH is 1. The number of unbranched alkanes of at least 4 members (excludes halogenated alkanes) is 1. The molecule has 1 amide bonds. The fourth-order valence-electron chi connectivity index (χ4n) is 5.89. The van der Waals surface area contributed by atoms with Gasteiger partial charge < -0.3 is 39.8 Å². The standard InChI is InChI=1S/C30H41ClN2O7/c1-37-11-5-4-9-30(36,27-18-33(10-12-40-27)29(35)20-15-25(32)26(34)16-20)23-7-6-8-24(31)28(23)19-13-21(38-2)17-22(14-19)39-3/h6-8,13-14,17,20,25-27,34,36H,4-5,9-12,15-16,18,32H2,1-3H3/t20-,25+,26-,27+,30-/m0/s1. The smallest absolute Gasteiger partial charge is 0.226 e. The Balaban J connectivity index is 1.73. The van der Waals surface area contributed by atoms with Gasteiger partial charge in [0.05, 0.1) is 33.5 Å². The molecule has 2 aromatic rings. The van der Waals surface area contributed by atoms with Gasteiger partial charge >= 0.3 is 0 Å². The molecular weight excluding hydrogens is 536 g/mol. The van der Waals surface area contributed by atoms with Crippen molar-refractivity contribution in [2.45, 2.75) is 56.0 Å². The van der Waals surface area contributed by atoms with Crippen molar-refractivity contribution >= 4 is 17.5 Å². The molecule has 2 fully saturated rings. The first kappa shape index (κ1) is 30.6. The van der Waals surface area contributed by atoms with E-state index in [1.54, 1.807) is 38.4 Å². The monoisotopic (exact) mass is 576 g/mol. The van der Waals surface area contributed by atoms with Crippen molar-refractivity contribution in [3.63, 3.8) is 0 Å². The normalized spacial score (nSPS) is 24.5. The first-order chi connectivity index (χ1) is 19.2. The number of benzene rings is 2. The summed E-state index contributed by atoms with van der Waals surface area (Å²) in [5.41, 5.74) is 6.49. The van der Waals surface area contributed by atoms with Gasteiger partial charge in [-0.3, -0.25) is 4.79 Å². The van der Waals surface area contributed by atoms with Gasteiger partial charge in [-0.1, -0.05) is 23.7 Å². The van der Waals surface area contributed by atoms with Crippen LogP contribution in [0, 0.1) is 5.92 Å². The summed E-state index contributed by atoms with van der Waals surface area (Å²) in [7, 11) is 4.81. The number of carbonyl (C=O) groups excluding carboxylic acids is 1. The number of nitrogens with two attached hydrogens (primary N) is 1. The van der Waals surface area contributed by atoms with Crippen LogP contribution in [0.15, 0.2) is 36.4 Å². The molecule has 0 radical (unpaired) electrons. The summed E-state index contributed by atoms with van der Waals surface area (Å²) >= 11 is 6.82. The predicted molar refractivity (Wildman–Crippen MR) is 153 cm³/mol. The van der Waals surface area contributed by atoms with Crippen LogP contribution < -0.4 is 15.2 Å². The molecule has 2 aliphatic rings. The van der Waals surface area contributed by atoms with E-state index in [4.69, 9.17) is 36.3 Å². The Morgan fingerprint density at radius 3 is 2.50 bits per heavy atom. The Hall–Kier alpha value is -2.40. The molecule has 0 aromatic heterocycles. The van der Waals surface area contributed by atoms with Crippen LogP contribution in [0.2, 0.25) is 5.02 Å². The van der Waals surface area contributed by atoms with Crippen molar-refractivity contribution in [2.24, 2.45) is 11.7 Å². The Kier molecular flexibility index (Phi) is 10.3. The highest BCUT2D eigenvalue weighted by molar-refractivity contribution is 6.33. The second-order valence-electron chi connectivity index (χ2n) is 10.7. The average Bonchev–Trinajstić information content (AvgIpc) is 3.31. The zero-order chi connectivity index (χ0) is 28.9. The number of carbonyl (C=O) groups is 1. The van der Waals surface area contributed by atoms with E-state index in [2.05, 4.69) is 0 Å². The molecule has 0 unspecified atom stereocenters. The Bertz CT molecular complexity index is 1130. The lowest BCUT2D eigenvalue weighted by atomic mass is 9.78. The van der Waals surface area contributed by atoms with Crippen LogP contribution in [0.25, 0.3) is 11.1 Å². The van der Waals surface area contributed by atoms with Crippen LogP contribution in [0.4, 0.5) is 0 Å². The number of nitrogens with zero attached hydrogens (tertiary/aromatic N) is 1. The van der Waals surface area contributed by atoms with Crippen molar-refractivity contribution < 1.29 is 34.0 Å². The van der Waals surface area contributed by atoms with Crippen molar-refractivity contribution in [3.05, 3.63) is 47.0 Å². The van der Waals surface area contributed by atoms with Crippen LogP contribution in [-0.2, 0) is 19.9 Å². The van der Waals surface area contributed by atoms with Gasteiger partial charge in [0.1, 0.15) is 23.2 Å². The quantitative estimate of drug-likeness (QED) is 0.348. The summed E-state index contributed by atoms with van der Waals surface area (Å²) in [6.07, 6.45) is 1.17. The van der Waals surface area contributed by atoms with E-state index in [1.807, 2.05) is 24.3 Å². The Morgan fingerprint density at radius 2 is 1.88 bits per heavy atom. The van der Waals surface area contributed by atoms with Crippen LogP contribution in [0.1, 0.15) is 37.7 Å². The number of halogens is 1. The molecule has 0 bridgehead atoms. The molecule has 1 saturated carbocycles. The van der Waals surface area contributed by atoms with Gasteiger partial charge in [0.15, 0.2) is 0 Å². The highest BCUT2D eigenvalue weighted by Gasteiger charge is 2.45. The molecule has 5 atom stereocenters. The molecule has 40 heavy (non-hydrogen) atoms. The third-order valence-corrected chi connectivity index (χ3v) is 8.43. The summed E-state index contributed by atoms with van der Waals surface area (Å²) < 4.78 is 22.5. The maximum absolute atomic E-state index is 13.4. The first-order valence-electron chi connectivity index (χ1n) is 13.8. The van der Waals surface area contributed by atoms with Gasteiger partial charge in [-0.15, -0.1) is 0 Å². The Labute approximate surface area is 241 Å². The average molecular weight is 577 g/mol. The zero-order valence-corrected chi connectivity index (χ0v) is 24.2. The maximum atomic E-state index is 13.4. The molecule has 10 heteroatoms. The Morgan fingerprint density at radius 1 is 1.15 bits per heavy atom. The number of rotatable bonds is 11. The highest BCUT2D eigenvalue weighted by atomic mass is 35.5. The largest absolute Gasteiger partial charge is 0.497 e.